The van der Waals surface area contributed by atoms with Crippen LogP contribution >= 0.6 is 0 Å². The third kappa shape index (κ3) is 2.34. The zero-order valence-electron chi connectivity index (χ0n) is 11.5. The summed E-state index contributed by atoms with van der Waals surface area (Å²) in [7, 11) is 0. The predicted octanol–water partition coefficient (Wildman–Crippen LogP) is 1.54. The number of oxazole rings is 1. The molecule has 0 aliphatic carbocycles. The molecule has 1 saturated heterocycles. The second-order valence-electron chi connectivity index (χ2n) is 5.26. The SMILES string of the molecule is CC(C)OC1CN(c2nc3cc(C(N)=O)ccc3o2)C1. The summed E-state index contributed by atoms with van der Waals surface area (Å²) in [6, 6.07) is 5.56. The number of aromatic nitrogens is 1. The first-order chi connectivity index (χ1) is 9.52. The first kappa shape index (κ1) is 12.9. The van der Waals surface area contributed by atoms with E-state index in [1.165, 1.54) is 0 Å². The lowest BCUT2D eigenvalue weighted by Gasteiger charge is -2.38. The molecular weight excluding hydrogens is 258 g/mol. The predicted molar refractivity (Wildman–Crippen MR) is 74.7 cm³/mol. The summed E-state index contributed by atoms with van der Waals surface area (Å²) in [6.07, 6.45) is 0.454. The second-order valence-corrected chi connectivity index (χ2v) is 5.26. The summed E-state index contributed by atoms with van der Waals surface area (Å²) in [5.41, 5.74) is 6.98. The first-order valence-corrected chi connectivity index (χ1v) is 6.63. The van der Waals surface area contributed by atoms with Gasteiger partial charge in [-0.25, -0.2) is 0 Å². The van der Waals surface area contributed by atoms with Crippen LogP contribution in [0.1, 0.15) is 24.2 Å². The van der Waals surface area contributed by atoms with E-state index in [1.807, 2.05) is 18.7 Å². The molecule has 1 amide bonds. The Morgan fingerprint density at radius 1 is 1.50 bits per heavy atom. The molecule has 0 saturated carbocycles. The Hall–Kier alpha value is -2.08. The van der Waals surface area contributed by atoms with Gasteiger partial charge in [-0.3, -0.25) is 4.79 Å². The van der Waals surface area contributed by atoms with Gasteiger partial charge in [-0.15, -0.1) is 0 Å². The van der Waals surface area contributed by atoms with E-state index >= 15 is 0 Å². The third-order valence-corrected chi connectivity index (χ3v) is 3.24. The Morgan fingerprint density at radius 3 is 2.90 bits per heavy atom. The number of hydrogen-bond donors (Lipinski definition) is 1. The Morgan fingerprint density at radius 2 is 2.25 bits per heavy atom. The quantitative estimate of drug-likeness (QED) is 0.915. The number of anilines is 1. The molecule has 106 valence electrons. The van der Waals surface area contributed by atoms with Gasteiger partial charge in [0.1, 0.15) is 5.52 Å². The molecule has 0 bridgehead atoms. The van der Waals surface area contributed by atoms with E-state index in [0.717, 1.165) is 13.1 Å². The number of benzene rings is 1. The van der Waals surface area contributed by atoms with Crippen molar-refractivity contribution in [1.82, 2.24) is 4.98 Å². The highest BCUT2D eigenvalue weighted by Crippen LogP contribution is 2.27. The molecule has 2 heterocycles. The van der Waals surface area contributed by atoms with Crippen molar-refractivity contribution in [2.75, 3.05) is 18.0 Å². The van der Waals surface area contributed by atoms with Crippen molar-refractivity contribution in [3.63, 3.8) is 0 Å². The fourth-order valence-electron chi connectivity index (χ4n) is 2.27. The van der Waals surface area contributed by atoms with Crippen molar-refractivity contribution in [2.24, 2.45) is 5.73 Å². The molecular formula is C14H17N3O3. The second kappa shape index (κ2) is 4.79. The zero-order chi connectivity index (χ0) is 14.3. The maximum Gasteiger partial charge on any atom is 0.298 e. The molecule has 1 fully saturated rings. The van der Waals surface area contributed by atoms with Gasteiger partial charge in [0.2, 0.25) is 5.91 Å². The highest BCUT2D eigenvalue weighted by atomic mass is 16.5. The molecule has 0 unspecified atom stereocenters. The molecule has 0 radical (unpaired) electrons. The number of nitrogens with two attached hydrogens (primary N) is 1. The molecule has 3 rings (SSSR count). The number of rotatable bonds is 4. The molecule has 2 N–H and O–H groups in total. The molecule has 20 heavy (non-hydrogen) atoms. The Balaban J connectivity index is 1.76. The minimum atomic E-state index is -0.467. The maximum atomic E-state index is 11.1. The topological polar surface area (TPSA) is 81.6 Å². The van der Waals surface area contributed by atoms with E-state index in [1.54, 1.807) is 18.2 Å². The van der Waals surface area contributed by atoms with Crippen LogP contribution in [-0.2, 0) is 4.74 Å². The zero-order valence-corrected chi connectivity index (χ0v) is 11.5. The number of ether oxygens (including phenoxy) is 1. The van der Waals surface area contributed by atoms with Crippen LogP contribution in [0.25, 0.3) is 11.1 Å². The van der Waals surface area contributed by atoms with E-state index in [2.05, 4.69) is 4.98 Å². The Labute approximate surface area is 116 Å². The van der Waals surface area contributed by atoms with Crippen LogP contribution < -0.4 is 10.6 Å². The van der Waals surface area contributed by atoms with E-state index in [0.29, 0.717) is 22.7 Å². The summed E-state index contributed by atoms with van der Waals surface area (Å²) in [5.74, 6) is -0.467. The maximum absolute atomic E-state index is 11.1. The van der Waals surface area contributed by atoms with E-state index < -0.39 is 5.91 Å². The highest BCUT2D eigenvalue weighted by Gasteiger charge is 2.31. The average Bonchev–Trinajstić information content (AvgIpc) is 2.74. The van der Waals surface area contributed by atoms with Crippen molar-refractivity contribution >= 4 is 23.0 Å². The van der Waals surface area contributed by atoms with Crippen LogP contribution in [0, 0.1) is 0 Å². The fraction of sp³-hybridized carbons (Fsp3) is 0.429. The molecule has 6 nitrogen and oxygen atoms in total. The van der Waals surface area contributed by atoms with Gasteiger partial charge in [0, 0.05) is 5.56 Å². The van der Waals surface area contributed by atoms with Gasteiger partial charge >= 0.3 is 0 Å². The molecule has 0 atom stereocenters. The third-order valence-electron chi connectivity index (χ3n) is 3.24. The minimum Gasteiger partial charge on any atom is -0.423 e. The van der Waals surface area contributed by atoms with E-state index in [9.17, 15) is 4.79 Å². The number of amides is 1. The van der Waals surface area contributed by atoms with Gasteiger partial charge in [0.25, 0.3) is 6.01 Å². The number of carbonyl (C=O) groups is 1. The summed E-state index contributed by atoms with van der Waals surface area (Å²) < 4.78 is 11.4. The van der Waals surface area contributed by atoms with Crippen LogP contribution in [0.2, 0.25) is 0 Å². The summed E-state index contributed by atoms with van der Waals surface area (Å²) in [5, 5.41) is 0. The molecule has 1 aromatic carbocycles. The van der Waals surface area contributed by atoms with Crippen LogP contribution in [0.4, 0.5) is 6.01 Å². The van der Waals surface area contributed by atoms with Crippen molar-refractivity contribution < 1.29 is 13.9 Å². The largest absolute Gasteiger partial charge is 0.423 e. The fourth-order valence-corrected chi connectivity index (χ4v) is 2.27. The highest BCUT2D eigenvalue weighted by molar-refractivity contribution is 5.96. The van der Waals surface area contributed by atoms with E-state index in [-0.39, 0.29) is 12.2 Å². The van der Waals surface area contributed by atoms with Crippen molar-refractivity contribution in [3.05, 3.63) is 23.8 Å². The Kier molecular flexibility index (Phi) is 3.10. The summed E-state index contributed by atoms with van der Waals surface area (Å²) in [6.45, 7) is 5.59. The lowest BCUT2D eigenvalue weighted by atomic mass is 10.2. The van der Waals surface area contributed by atoms with E-state index in [4.69, 9.17) is 14.9 Å². The van der Waals surface area contributed by atoms with Crippen LogP contribution in [-0.4, -0.2) is 36.2 Å². The van der Waals surface area contributed by atoms with Gasteiger partial charge in [-0.05, 0) is 32.0 Å². The van der Waals surface area contributed by atoms with Crippen LogP contribution in [0.15, 0.2) is 22.6 Å². The molecule has 6 heteroatoms. The van der Waals surface area contributed by atoms with Crippen LogP contribution in [0.3, 0.4) is 0 Å². The molecule has 1 aromatic heterocycles. The molecule has 1 aliphatic rings. The Bertz CT molecular complexity index is 644. The number of fused-ring (bicyclic) bond motifs is 1. The lowest BCUT2D eigenvalue weighted by molar-refractivity contribution is -0.00874. The van der Waals surface area contributed by atoms with Gasteiger partial charge in [-0.1, -0.05) is 0 Å². The average molecular weight is 275 g/mol. The standard InChI is InChI=1S/C14H17N3O3/c1-8(2)19-10-6-17(7-10)14-16-11-5-9(13(15)18)3-4-12(11)20-14/h3-5,8,10H,6-7H2,1-2H3,(H2,15,18). The number of carbonyl (C=O) groups excluding carboxylic acids is 1. The van der Waals surface area contributed by atoms with Crippen LogP contribution in [0.5, 0.6) is 0 Å². The van der Waals surface area contributed by atoms with Gasteiger partial charge in [-0.2, -0.15) is 4.98 Å². The normalized spacial score (nSPS) is 15.8. The summed E-state index contributed by atoms with van der Waals surface area (Å²) >= 11 is 0. The first-order valence-electron chi connectivity index (χ1n) is 6.63. The molecule has 0 spiro atoms. The number of nitrogens with zero attached hydrogens (tertiary/aromatic N) is 2. The smallest absolute Gasteiger partial charge is 0.298 e. The number of primary amides is 1. The number of hydrogen-bond acceptors (Lipinski definition) is 5. The van der Waals surface area contributed by atoms with Gasteiger partial charge in [0.15, 0.2) is 5.58 Å². The minimum absolute atomic E-state index is 0.226. The lowest BCUT2D eigenvalue weighted by Crippen LogP contribution is -2.53. The van der Waals surface area contributed by atoms with Gasteiger partial charge < -0.3 is 19.8 Å². The van der Waals surface area contributed by atoms with Crippen molar-refractivity contribution in [1.29, 1.82) is 0 Å². The van der Waals surface area contributed by atoms with Crippen molar-refractivity contribution in [2.45, 2.75) is 26.1 Å². The summed E-state index contributed by atoms with van der Waals surface area (Å²) in [4.78, 5) is 17.5. The molecule has 1 aliphatic heterocycles. The monoisotopic (exact) mass is 275 g/mol. The van der Waals surface area contributed by atoms with Gasteiger partial charge in [0.05, 0.1) is 25.3 Å². The van der Waals surface area contributed by atoms with Crippen molar-refractivity contribution in [3.8, 4) is 0 Å². The molecule has 2 aromatic rings.